The van der Waals surface area contributed by atoms with Crippen molar-refractivity contribution in [3.8, 4) is 28.6 Å². The van der Waals surface area contributed by atoms with Crippen LogP contribution in [0.2, 0.25) is 0 Å². The Morgan fingerprint density at radius 2 is 1.72 bits per heavy atom. The van der Waals surface area contributed by atoms with Gasteiger partial charge in [0.1, 0.15) is 47.0 Å². The van der Waals surface area contributed by atoms with Crippen LogP contribution < -0.4 is 24.4 Å². The number of piperazine rings is 1. The number of rotatable bonds is 13. The minimum absolute atomic E-state index is 0.00768. The Balaban J connectivity index is 1.23. The zero-order valence-electron chi connectivity index (χ0n) is 37.4. The topological polar surface area (TPSA) is 111 Å². The van der Waals surface area contributed by atoms with E-state index >= 15 is 8.78 Å². The number of hydrogen-bond donors (Lipinski definition) is 1. The van der Waals surface area contributed by atoms with Gasteiger partial charge in [0.15, 0.2) is 12.6 Å². The van der Waals surface area contributed by atoms with E-state index in [1.54, 1.807) is 25.3 Å². The second-order valence-electron chi connectivity index (χ2n) is 18.6. The molecule has 4 atom stereocenters. The van der Waals surface area contributed by atoms with Crippen molar-refractivity contribution < 1.29 is 41.7 Å². The Bertz CT molecular complexity index is 2540. The van der Waals surface area contributed by atoms with Gasteiger partial charge in [0, 0.05) is 56.3 Å². The summed E-state index contributed by atoms with van der Waals surface area (Å²) >= 11 is 0. The van der Waals surface area contributed by atoms with Gasteiger partial charge < -0.3 is 33.9 Å². The summed E-state index contributed by atoms with van der Waals surface area (Å²) in [7, 11) is 3.12. The lowest BCUT2D eigenvalue weighted by Gasteiger charge is -2.42. The molecule has 4 saturated heterocycles. The van der Waals surface area contributed by atoms with Crippen LogP contribution in [-0.4, -0.2) is 109 Å². The molecule has 0 saturated carbocycles. The van der Waals surface area contributed by atoms with Crippen LogP contribution in [0.5, 0.6) is 17.5 Å². The van der Waals surface area contributed by atoms with Crippen LogP contribution in [0.1, 0.15) is 70.9 Å². The van der Waals surface area contributed by atoms with Gasteiger partial charge in [-0.2, -0.15) is 9.97 Å². The fourth-order valence-electron chi connectivity index (χ4n) is 10.4. The van der Waals surface area contributed by atoms with E-state index in [2.05, 4.69) is 15.1 Å². The molecule has 4 aromatic carbocycles. The highest BCUT2D eigenvalue weighted by atomic mass is 19.1. The second-order valence-corrected chi connectivity index (χ2v) is 18.6. The number of benzene rings is 4. The van der Waals surface area contributed by atoms with Crippen LogP contribution in [0.25, 0.3) is 32.8 Å². The maximum atomic E-state index is 18.4. The maximum Gasteiger partial charge on any atom is 0.410 e. The molecule has 5 heterocycles. The molecule has 15 heteroatoms. The van der Waals surface area contributed by atoms with Crippen LogP contribution in [0, 0.1) is 11.6 Å². The fourth-order valence-corrected chi connectivity index (χ4v) is 10.4. The Morgan fingerprint density at radius 3 is 2.42 bits per heavy atom. The lowest BCUT2D eigenvalue weighted by atomic mass is 9.90. The molecule has 5 aromatic rings. The highest BCUT2D eigenvalue weighted by Gasteiger charge is 2.50. The monoisotopic (exact) mass is 882 g/mol. The number of alkyl halides is 1. The van der Waals surface area contributed by atoms with Crippen molar-refractivity contribution in [2.24, 2.45) is 0 Å². The number of hydrogen-bond acceptors (Lipinski definition) is 11. The van der Waals surface area contributed by atoms with E-state index in [0.29, 0.717) is 89.3 Å². The first kappa shape index (κ1) is 43.7. The molecule has 0 radical (unpaired) electrons. The van der Waals surface area contributed by atoms with Crippen molar-refractivity contribution in [1.29, 1.82) is 0 Å². The first-order chi connectivity index (χ1) is 30.8. The molecule has 64 heavy (non-hydrogen) atoms. The average molecular weight is 883 g/mol. The van der Waals surface area contributed by atoms with Crippen LogP contribution in [0.4, 0.5) is 29.5 Å². The number of nitrogens with zero attached hydrogens (tertiary/aromatic N) is 5. The van der Waals surface area contributed by atoms with Crippen LogP contribution in [0.15, 0.2) is 54.6 Å². The molecule has 1 aromatic heterocycles. The Hall–Kier alpha value is -5.54. The molecule has 4 fully saturated rings. The predicted molar refractivity (Wildman–Crippen MR) is 240 cm³/mol. The van der Waals surface area contributed by atoms with Crippen LogP contribution in [0.3, 0.4) is 0 Å². The largest absolute Gasteiger partial charge is 0.497 e. The van der Waals surface area contributed by atoms with E-state index in [0.717, 1.165) is 37.8 Å². The van der Waals surface area contributed by atoms with Crippen molar-refractivity contribution >= 4 is 39.3 Å². The number of carbonyl (C=O) groups excluding carboxylic acids is 1. The van der Waals surface area contributed by atoms with Gasteiger partial charge >= 0.3 is 12.1 Å². The van der Waals surface area contributed by atoms with Gasteiger partial charge in [0.25, 0.3) is 0 Å². The number of aryl methyl sites for hydroxylation is 1. The Morgan fingerprint density at radius 1 is 0.953 bits per heavy atom. The SMILES string of the molecule is CCc1c(F)ccc2cc(OCOC)cc(-c3c(NCc4ccc(OC)cc4)cc4c(N5CC6CCC(C5)N6C(=O)OC(C)(C)C)nc(OC[C@@]56CCCN5C[C@H](F)C6)nc4c3F)c12. The van der Waals surface area contributed by atoms with Crippen LogP contribution in [-0.2, 0) is 22.4 Å². The highest BCUT2D eigenvalue weighted by molar-refractivity contribution is 6.07. The van der Waals surface area contributed by atoms with Gasteiger partial charge in [-0.05, 0) is 123 Å². The molecule has 2 bridgehead atoms. The number of aromatic nitrogens is 2. The Labute approximate surface area is 372 Å². The molecule has 4 aliphatic rings. The summed E-state index contributed by atoms with van der Waals surface area (Å²) in [6.07, 6.45) is 2.61. The maximum absolute atomic E-state index is 18.4. The molecule has 1 amide bonds. The van der Waals surface area contributed by atoms with Crippen molar-refractivity contribution in [2.45, 2.75) is 102 Å². The summed E-state index contributed by atoms with van der Waals surface area (Å²) in [4.78, 5) is 29.5. The number of fused-ring (bicyclic) bond motifs is 5. The summed E-state index contributed by atoms with van der Waals surface area (Å²) in [5.41, 5.74) is 1.18. The van der Waals surface area contributed by atoms with Crippen molar-refractivity contribution in [2.75, 3.05) is 64.0 Å². The van der Waals surface area contributed by atoms with E-state index < -0.39 is 28.9 Å². The zero-order chi connectivity index (χ0) is 44.9. The zero-order valence-corrected chi connectivity index (χ0v) is 37.4. The van der Waals surface area contributed by atoms with Gasteiger partial charge in [0.2, 0.25) is 0 Å². The van der Waals surface area contributed by atoms with Gasteiger partial charge in [-0.3, -0.25) is 9.80 Å². The molecule has 9 rings (SSSR count). The number of nitrogens with one attached hydrogen (secondary N) is 1. The third kappa shape index (κ3) is 8.32. The fraction of sp³-hybridized carbons (Fsp3) is 0.490. The molecule has 4 aliphatic heterocycles. The molecule has 340 valence electrons. The molecule has 0 aliphatic carbocycles. The number of ether oxygens (including phenoxy) is 5. The molecular weight excluding hydrogens is 826 g/mol. The molecular formula is C49H57F3N6O6. The van der Waals surface area contributed by atoms with Crippen molar-refractivity contribution in [1.82, 2.24) is 19.8 Å². The number of amides is 1. The molecule has 12 nitrogen and oxygen atoms in total. The number of halogens is 3. The van der Waals surface area contributed by atoms with E-state index in [9.17, 15) is 9.18 Å². The lowest BCUT2D eigenvalue weighted by molar-refractivity contribution is 0.0122. The number of anilines is 2. The minimum atomic E-state index is -0.964. The normalized spacial score (nSPS) is 22.0. The number of carbonyl (C=O) groups is 1. The molecule has 2 unspecified atom stereocenters. The summed E-state index contributed by atoms with van der Waals surface area (Å²) in [6.45, 7) is 9.81. The lowest BCUT2D eigenvalue weighted by Crippen LogP contribution is -2.57. The van der Waals surface area contributed by atoms with Gasteiger partial charge in [-0.1, -0.05) is 25.1 Å². The summed E-state index contributed by atoms with van der Waals surface area (Å²) < 4.78 is 78.1. The summed E-state index contributed by atoms with van der Waals surface area (Å²) in [5.74, 6) is 0.497. The van der Waals surface area contributed by atoms with Crippen molar-refractivity contribution in [3.63, 3.8) is 0 Å². The minimum Gasteiger partial charge on any atom is -0.497 e. The van der Waals surface area contributed by atoms with Gasteiger partial charge in [-0.15, -0.1) is 0 Å². The van der Waals surface area contributed by atoms with E-state index in [-0.39, 0.29) is 48.7 Å². The smallest absolute Gasteiger partial charge is 0.410 e. The van der Waals surface area contributed by atoms with E-state index in [1.807, 2.05) is 62.9 Å². The van der Waals surface area contributed by atoms with Gasteiger partial charge in [0.05, 0.1) is 24.7 Å². The number of methoxy groups -OCH3 is 2. The quantitative estimate of drug-likeness (QED) is 0.114. The molecule has 0 spiro atoms. The first-order valence-electron chi connectivity index (χ1n) is 22.3. The average Bonchev–Trinajstić information content (AvgIpc) is 3.89. The van der Waals surface area contributed by atoms with Crippen molar-refractivity contribution in [3.05, 3.63) is 77.4 Å². The third-order valence-corrected chi connectivity index (χ3v) is 13.3. The summed E-state index contributed by atoms with van der Waals surface area (Å²) in [5, 5.41) is 5.17. The van der Waals surface area contributed by atoms with E-state index in [1.165, 1.54) is 13.2 Å². The highest BCUT2D eigenvalue weighted by Crippen LogP contribution is 2.46. The van der Waals surface area contributed by atoms with E-state index in [4.69, 9.17) is 33.7 Å². The first-order valence-corrected chi connectivity index (χ1v) is 22.3. The standard InChI is InChI=1S/C49H57F3N6O6/c1-7-36-39(51)16-11-30-19-35(63-28-60-5)20-37(41(30)36)42-40(53-23-29-9-14-34(61-6)15-10-29)21-38-44(43(42)52)54-46(62-27-49-17-8-18-57(49)24-31(50)22-49)55-45(38)56-25-32-12-13-33(26-56)58(32)47(59)64-48(2,3)4/h9-11,14-16,19-21,31-33,53H,7-8,12-13,17-18,22-28H2,1-6H3/t31-,32?,33?,49+/m1/s1. The third-order valence-electron chi connectivity index (χ3n) is 13.3. The predicted octanol–water partition coefficient (Wildman–Crippen LogP) is 9.44. The summed E-state index contributed by atoms with van der Waals surface area (Å²) in [6, 6.07) is 15.7. The van der Waals surface area contributed by atoms with Gasteiger partial charge in [-0.25, -0.2) is 18.0 Å². The van der Waals surface area contributed by atoms with Crippen LogP contribution >= 0.6 is 0 Å². The Kier molecular flexibility index (Phi) is 11.9. The molecule has 1 N–H and O–H groups in total. The second kappa shape index (κ2) is 17.4.